The van der Waals surface area contributed by atoms with Crippen LogP contribution in [0.4, 0.5) is 23.4 Å². The molecular formula is C15H10F3N5O2S3. The van der Waals surface area contributed by atoms with Crippen LogP contribution in [-0.4, -0.2) is 32.7 Å². The summed E-state index contributed by atoms with van der Waals surface area (Å²) in [5.74, 6) is -0.944. The van der Waals surface area contributed by atoms with E-state index in [0.29, 0.717) is 9.47 Å². The summed E-state index contributed by atoms with van der Waals surface area (Å²) in [5.41, 5.74) is -1.07. The Kier molecular flexibility index (Phi) is 6.26. The Balaban J connectivity index is 1.55. The highest BCUT2D eigenvalue weighted by molar-refractivity contribution is 8.01. The normalized spacial score (nSPS) is 11.2. The van der Waals surface area contributed by atoms with Crippen molar-refractivity contribution in [3.63, 3.8) is 0 Å². The molecule has 0 aliphatic rings. The smallest absolute Gasteiger partial charge is 0.301 e. The number of carbonyl (C=O) groups excluding carboxylic acids is 2. The first kappa shape index (κ1) is 20.2. The number of amides is 2. The van der Waals surface area contributed by atoms with Crippen molar-refractivity contribution in [1.29, 1.82) is 0 Å². The molecule has 0 unspecified atom stereocenters. The molecule has 2 N–H and O–H groups in total. The van der Waals surface area contributed by atoms with Crippen molar-refractivity contribution in [2.75, 3.05) is 16.4 Å². The minimum atomic E-state index is -4.54. The van der Waals surface area contributed by atoms with Gasteiger partial charge < -0.3 is 5.32 Å². The highest BCUT2D eigenvalue weighted by atomic mass is 32.2. The standard InChI is InChI=1S/C15H10F3N5O2S3/c16-15(17,18)9-3-1-2-8(6-9)11(25)21-13-22-23-14(28-13)27-7-10(24)20-12-19-4-5-26-12/h1-6H,7H2,(H,19,20,24)(H,21,22,25). The van der Waals surface area contributed by atoms with E-state index in [1.54, 1.807) is 11.6 Å². The molecule has 0 fully saturated rings. The minimum Gasteiger partial charge on any atom is -0.301 e. The van der Waals surface area contributed by atoms with Crippen molar-refractivity contribution in [3.8, 4) is 0 Å². The van der Waals surface area contributed by atoms with Crippen LogP contribution >= 0.6 is 34.4 Å². The van der Waals surface area contributed by atoms with Gasteiger partial charge in [-0.2, -0.15) is 13.2 Å². The molecule has 1 aromatic carbocycles. The van der Waals surface area contributed by atoms with Gasteiger partial charge in [-0.05, 0) is 18.2 Å². The number of hydrogen-bond donors (Lipinski definition) is 2. The lowest BCUT2D eigenvalue weighted by Crippen LogP contribution is -2.13. The number of hydrogen-bond acceptors (Lipinski definition) is 8. The summed E-state index contributed by atoms with van der Waals surface area (Å²) in [7, 11) is 0. The summed E-state index contributed by atoms with van der Waals surface area (Å²) in [5, 5.41) is 14.9. The summed E-state index contributed by atoms with van der Waals surface area (Å²) in [4.78, 5) is 27.9. The molecule has 0 aliphatic heterocycles. The summed E-state index contributed by atoms with van der Waals surface area (Å²) in [6.07, 6.45) is -2.97. The highest BCUT2D eigenvalue weighted by Crippen LogP contribution is 2.30. The molecule has 0 aliphatic carbocycles. The lowest BCUT2D eigenvalue weighted by atomic mass is 10.1. The Labute approximate surface area is 168 Å². The Morgan fingerprint density at radius 2 is 1.96 bits per heavy atom. The van der Waals surface area contributed by atoms with Crippen LogP contribution in [0.1, 0.15) is 15.9 Å². The van der Waals surface area contributed by atoms with Gasteiger partial charge in [-0.3, -0.25) is 14.9 Å². The predicted octanol–water partition coefficient (Wildman–Crippen LogP) is 4.00. The number of thiazole rings is 1. The zero-order valence-corrected chi connectivity index (χ0v) is 16.1. The maximum atomic E-state index is 12.7. The second-order valence-corrected chi connectivity index (χ2v) is 8.17. The van der Waals surface area contributed by atoms with E-state index >= 15 is 0 Å². The maximum Gasteiger partial charge on any atom is 0.416 e. The third-order valence-corrected chi connectivity index (χ3v) is 5.74. The largest absolute Gasteiger partial charge is 0.416 e. The van der Waals surface area contributed by atoms with Gasteiger partial charge in [-0.1, -0.05) is 29.2 Å². The second kappa shape index (κ2) is 8.67. The van der Waals surface area contributed by atoms with Crippen molar-refractivity contribution in [2.24, 2.45) is 0 Å². The van der Waals surface area contributed by atoms with Crippen molar-refractivity contribution in [3.05, 3.63) is 47.0 Å². The minimum absolute atomic E-state index is 0.0653. The monoisotopic (exact) mass is 445 g/mol. The Bertz CT molecular complexity index is 975. The van der Waals surface area contributed by atoms with E-state index in [0.717, 1.165) is 41.3 Å². The first-order valence-electron chi connectivity index (χ1n) is 7.45. The summed E-state index contributed by atoms with van der Waals surface area (Å²) in [6.45, 7) is 0. The molecular weight excluding hydrogens is 435 g/mol. The van der Waals surface area contributed by atoms with Gasteiger partial charge >= 0.3 is 6.18 Å². The van der Waals surface area contributed by atoms with E-state index in [2.05, 4.69) is 25.8 Å². The topological polar surface area (TPSA) is 96.9 Å². The molecule has 3 rings (SSSR count). The molecule has 2 heterocycles. The van der Waals surface area contributed by atoms with Crippen molar-refractivity contribution in [2.45, 2.75) is 10.5 Å². The molecule has 28 heavy (non-hydrogen) atoms. The molecule has 0 bridgehead atoms. The van der Waals surface area contributed by atoms with Gasteiger partial charge in [0.1, 0.15) is 0 Å². The van der Waals surface area contributed by atoms with Crippen LogP contribution in [0.5, 0.6) is 0 Å². The van der Waals surface area contributed by atoms with Crippen LogP contribution in [0.25, 0.3) is 0 Å². The zero-order valence-electron chi connectivity index (χ0n) is 13.7. The average molecular weight is 445 g/mol. The number of aromatic nitrogens is 3. The predicted molar refractivity (Wildman–Crippen MR) is 101 cm³/mol. The van der Waals surface area contributed by atoms with E-state index in [9.17, 15) is 22.8 Å². The number of rotatable bonds is 6. The third kappa shape index (κ3) is 5.50. The molecule has 0 spiro atoms. The van der Waals surface area contributed by atoms with Gasteiger partial charge in [-0.15, -0.1) is 21.5 Å². The first-order chi connectivity index (χ1) is 13.3. The molecule has 13 heteroatoms. The lowest BCUT2D eigenvalue weighted by Gasteiger charge is -2.08. The number of anilines is 2. The van der Waals surface area contributed by atoms with Crippen molar-refractivity contribution >= 4 is 56.5 Å². The summed E-state index contributed by atoms with van der Waals surface area (Å²) < 4.78 is 38.6. The van der Waals surface area contributed by atoms with Gasteiger partial charge in [0.15, 0.2) is 9.47 Å². The molecule has 0 atom stereocenters. The van der Waals surface area contributed by atoms with Crippen LogP contribution < -0.4 is 10.6 Å². The fourth-order valence-corrected chi connectivity index (χ4v) is 3.98. The SMILES string of the molecule is O=C(CSc1nnc(NC(=O)c2cccc(C(F)(F)F)c2)s1)Nc1nccs1. The number of carbonyl (C=O) groups is 2. The van der Waals surface area contributed by atoms with Crippen LogP contribution in [0.2, 0.25) is 0 Å². The van der Waals surface area contributed by atoms with E-state index in [-0.39, 0.29) is 22.4 Å². The fourth-order valence-electron chi connectivity index (χ4n) is 1.89. The molecule has 7 nitrogen and oxygen atoms in total. The third-order valence-electron chi connectivity index (χ3n) is 3.08. The Morgan fingerprint density at radius 3 is 2.68 bits per heavy atom. The molecule has 0 radical (unpaired) electrons. The van der Waals surface area contributed by atoms with Crippen LogP contribution in [-0.2, 0) is 11.0 Å². The average Bonchev–Trinajstić information content (AvgIpc) is 3.31. The van der Waals surface area contributed by atoms with Gasteiger partial charge in [-0.25, -0.2) is 4.98 Å². The number of nitrogens with one attached hydrogen (secondary N) is 2. The van der Waals surface area contributed by atoms with Gasteiger partial charge in [0, 0.05) is 17.1 Å². The van der Waals surface area contributed by atoms with Gasteiger partial charge in [0.05, 0.1) is 11.3 Å². The van der Waals surface area contributed by atoms with Crippen LogP contribution in [0.15, 0.2) is 40.2 Å². The van der Waals surface area contributed by atoms with Crippen molar-refractivity contribution < 1.29 is 22.8 Å². The number of halogens is 3. The van der Waals surface area contributed by atoms with Crippen molar-refractivity contribution in [1.82, 2.24) is 15.2 Å². The van der Waals surface area contributed by atoms with Crippen LogP contribution in [0, 0.1) is 0 Å². The van der Waals surface area contributed by atoms with E-state index < -0.39 is 17.6 Å². The Hall–Kier alpha value is -2.51. The summed E-state index contributed by atoms with van der Waals surface area (Å²) in [6, 6.07) is 4.06. The Morgan fingerprint density at radius 1 is 1.14 bits per heavy atom. The van der Waals surface area contributed by atoms with E-state index in [1.165, 1.54) is 17.4 Å². The maximum absolute atomic E-state index is 12.7. The second-order valence-electron chi connectivity index (χ2n) is 5.08. The zero-order chi connectivity index (χ0) is 20.1. The molecule has 0 saturated carbocycles. The number of nitrogens with zero attached hydrogens (tertiary/aromatic N) is 3. The molecule has 2 amide bonds. The number of alkyl halides is 3. The quantitative estimate of drug-likeness (QED) is 0.440. The van der Waals surface area contributed by atoms with Gasteiger partial charge in [0.2, 0.25) is 11.0 Å². The lowest BCUT2D eigenvalue weighted by molar-refractivity contribution is -0.137. The fraction of sp³-hybridized carbons (Fsp3) is 0.133. The summed E-state index contributed by atoms with van der Waals surface area (Å²) >= 11 is 3.41. The highest BCUT2D eigenvalue weighted by Gasteiger charge is 2.31. The molecule has 146 valence electrons. The molecule has 3 aromatic rings. The number of benzene rings is 1. The van der Waals surface area contributed by atoms with Gasteiger partial charge in [0.25, 0.3) is 5.91 Å². The molecule has 2 aromatic heterocycles. The van der Waals surface area contributed by atoms with E-state index in [1.807, 2.05) is 0 Å². The van der Waals surface area contributed by atoms with Crippen LogP contribution in [0.3, 0.4) is 0 Å². The first-order valence-corrected chi connectivity index (χ1v) is 10.1. The molecule has 0 saturated heterocycles. The number of thioether (sulfide) groups is 1. The van der Waals surface area contributed by atoms with E-state index in [4.69, 9.17) is 0 Å².